The number of ether oxygens (including phenoxy) is 1. The summed E-state index contributed by atoms with van der Waals surface area (Å²) in [6.07, 6.45) is 3.51. The third-order valence-electron chi connectivity index (χ3n) is 2.83. The number of hydrogen-bond donors (Lipinski definition) is 1. The van der Waals surface area contributed by atoms with Gasteiger partial charge in [-0.2, -0.15) is 0 Å². The molecule has 1 aliphatic heterocycles. The van der Waals surface area contributed by atoms with Gasteiger partial charge in [0, 0.05) is 32.0 Å². The number of carbonyl (C=O) groups is 1. The summed E-state index contributed by atoms with van der Waals surface area (Å²) in [5.41, 5.74) is 1.00. The molecule has 0 spiro atoms. The molecule has 18 heavy (non-hydrogen) atoms. The number of anilines is 1. The largest absolute Gasteiger partial charge is 0.464 e. The number of piperazine rings is 1. The first-order valence-corrected chi connectivity index (χ1v) is 6.15. The Hall–Kier alpha value is -1.69. The van der Waals surface area contributed by atoms with Crippen LogP contribution in [-0.2, 0) is 9.53 Å². The standard InChI is InChI=1S/C12H18N4O2/c1-3-18-11(17)10-8-13-4-5-16(10)12-14-6-9(2)7-15-12/h6-7,10,13H,3-5,8H2,1-2H3. The summed E-state index contributed by atoms with van der Waals surface area (Å²) in [4.78, 5) is 22.3. The molecule has 0 aliphatic carbocycles. The van der Waals surface area contributed by atoms with Crippen LogP contribution < -0.4 is 10.2 Å². The van der Waals surface area contributed by atoms with Gasteiger partial charge in [-0.3, -0.25) is 0 Å². The summed E-state index contributed by atoms with van der Waals surface area (Å²) < 4.78 is 5.08. The van der Waals surface area contributed by atoms with Gasteiger partial charge in [0.1, 0.15) is 6.04 Å². The number of hydrogen-bond acceptors (Lipinski definition) is 6. The Morgan fingerprint density at radius 2 is 2.28 bits per heavy atom. The molecule has 6 heteroatoms. The molecule has 0 bridgehead atoms. The first-order chi connectivity index (χ1) is 8.72. The average molecular weight is 250 g/mol. The van der Waals surface area contributed by atoms with Gasteiger partial charge in [-0.15, -0.1) is 0 Å². The van der Waals surface area contributed by atoms with Crippen molar-refractivity contribution < 1.29 is 9.53 Å². The number of nitrogens with one attached hydrogen (secondary N) is 1. The predicted molar refractivity (Wildman–Crippen MR) is 67.4 cm³/mol. The second-order valence-corrected chi connectivity index (χ2v) is 4.23. The van der Waals surface area contributed by atoms with E-state index in [1.165, 1.54) is 0 Å². The molecule has 0 radical (unpaired) electrons. The van der Waals surface area contributed by atoms with E-state index >= 15 is 0 Å². The Balaban J connectivity index is 2.17. The minimum atomic E-state index is -0.346. The van der Waals surface area contributed by atoms with E-state index in [2.05, 4.69) is 15.3 Å². The van der Waals surface area contributed by atoms with E-state index in [1.54, 1.807) is 19.3 Å². The SMILES string of the molecule is CCOC(=O)C1CNCCN1c1ncc(C)cn1. The van der Waals surface area contributed by atoms with Crippen molar-refractivity contribution in [1.29, 1.82) is 0 Å². The van der Waals surface area contributed by atoms with Crippen LogP contribution in [0.2, 0.25) is 0 Å². The van der Waals surface area contributed by atoms with Crippen LogP contribution in [0.5, 0.6) is 0 Å². The lowest BCUT2D eigenvalue weighted by atomic mass is 10.2. The molecule has 1 aliphatic rings. The van der Waals surface area contributed by atoms with Gasteiger partial charge in [-0.05, 0) is 19.4 Å². The Labute approximate surface area is 106 Å². The number of carbonyl (C=O) groups excluding carboxylic acids is 1. The molecule has 1 aromatic heterocycles. The smallest absolute Gasteiger partial charge is 0.330 e. The molecule has 0 aromatic carbocycles. The molecule has 1 aromatic rings. The molecular weight excluding hydrogens is 232 g/mol. The topological polar surface area (TPSA) is 67.3 Å². The predicted octanol–water partition coefficient (Wildman–Crippen LogP) is 0.126. The molecule has 98 valence electrons. The van der Waals surface area contributed by atoms with E-state index in [9.17, 15) is 4.79 Å². The van der Waals surface area contributed by atoms with Crippen molar-refractivity contribution >= 4 is 11.9 Å². The zero-order chi connectivity index (χ0) is 13.0. The van der Waals surface area contributed by atoms with E-state index in [0.717, 1.165) is 12.1 Å². The first kappa shape index (κ1) is 12.8. The number of aromatic nitrogens is 2. The third-order valence-corrected chi connectivity index (χ3v) is 2.83. The van der Waals surface area contributed by atoms with E-state index in [0.29, 0.717) is 25.6 Å². The molecule has 1 unspecified atom stereocenters. The Morgan fingerprint density at radius 1 is 1.56 bits per heavy atom. The quantitative estimate of drug-likeness (QED) is 0.769. The Morgan fingerprint density at radius 3 is 2.94 bits per heavy atom. The van der Waals surface area contributed by atoms with Gasteiger partial charge >= 0.3 is 5.97 Å². The third kappa shape index (κ3) is 2.76. The fourth-order valence-electron chi connectivity index (χ4n) is 1.93. The van der Waals surface area contributed by atoms with Gasteiger partial charge in [0.25, 0.3) is 0 Å². The van der Waals surface area contributed by atoms with Crippen LogP contribution in [0.15, 0.2) is 12.4 Å². The Bertz CT molecular complexity index is 407. The minimum Gasteiger partial charge on any atom is -0.464 e. The normalized spacial score (nSPS) is 19.7. The summed E-state index contributed by atoms with van der Waals surface area (Å²) in [5.74, 6) is 0.356. The molecule has 1 N–H and O–H groups in total. The van der Waals surface area contributed by atoms with E-state index in [1.807, 2.05) is 11.8 Å². The van der Waals surface area contributed by atoms with Crippen molar-refractivity contribution in [2.24, 2.45) is 0 Å². The highest BCUT2D eigenvalue weighted by atomic mass is 16.5. The van der Waals surface area contributed by atoms with Crippen molar-refractivity contribution in [2.45, 2.75) is 19.9 Å². The van der Waals surface area contributed by atoms with Crippen molar-refractivity contribution in [1.82, 2.24) is 15.3 Å². The van der Waals surface area contributed by atoms with Crippen LogP contribution in [-0.4, -0.2) is 48.2 Å². The monoisotopic (exact) mass is 250 g/mol. The number of esters is 1. The maximum absolute atomic E-state index is 11.9. The zero-order valence-corrected chi connectivity index (χ0v) is 10.7. The first-order valence-electron chi connectivity index (χ1n) is 6.15. The molecule has 1 atom stereocenters. The second kappa shape index (κ2) is 5.77. The van der Waals surface area contributed by atoms with Crippen LogP contribution in [0.25, 0.3) is 0 Å². The fourth-order valence-corrected chi connectivity index (χ4v) is 1.93. The van der Waals surface area contributed by atoms with Crippen molar-refractivity contribution in [2.75, 3.05) is 31.1 Å². The molecule has 1 saturated heterocycles. The van der Waals surface area contributed by atoms with E-state index < -0.39 is 0 Å². The molecular formula is C12H18N4O2. The van der Waals surface area contributed by atoms with Gasteiger partial charge in [-0.25, -0.2) is 14.8 Å². The number of aryl methyl sites for hydroxylation is 1. The maximum Gasteiger partial charge on any atom is 0.330 e. The summed E-state index contributed by atoms with van der Waals surface area (Å²) in [7, 11) is 0. The van der Waals surface area contributed by atoms with Crippen molar-refractivity contribution in [3.63, 3.8) is 0 Å². The van der Waals surface area contributed by atoms with Crippen molar-refractivity contribution in [3.05, 3.63) is 18.0 Å². The van der Waals surface area contributed by atoms with E-state index in [4.69, 9.17) is 4.74 Å². The molecule has 6 nitrogen and oxygen atoms in total. The van der Waals surface area contributed by atoms with Crippen LogP contribution >= 0.6 is 0 Å². The lowest BCUT2D eigenvalue weighted by Gasteiger charge is -2.34. The molecule has 2 heterocycles. The highest BCUT2D eigenvalue weighted by Crippen LogP contribution is 2.14. The van der Waals surface area contributed by atoms with Crippen LogP contribution in [0.1, 0.15) is 12.5 Å². The molecule has 0 saturated carbocycles. The zero-order valence-electron chi connectivity index (χ0n) is 10.7. The van der Waals surface area contributed by atoms with Gasteiger partial charge in [0.05, 0.1) is 6.61 Å². The van der Waals surface area contributed by atoms with Gasteiger partial charge in [0.2, 0.25) is 5.95 Å². The molecule has 0 amide bonds. The fraction of sp³-hybridized carbons (Fsp3) is 0.583. The van der Waals surface area contributed by atoms with Crippen molar-refractivity contribution in [3.8, 4) is 0 Å². The highest BCUT2D eigenvalue weighted by molar-refractivity contribution is 5.80. The summed E-state index contributed by atoms with van der Waals surface area (Å²) in [6, 6.07) is -0.346. The van der Waals surface area contributed by atoms with Crippen LogP contribution in [0.4, 0.5) is 5.95 Å². The molecule has 2 rings (SSSR count). The minimum absolute atomic E-state index is 0.228. The van der Waals surface area contributed by atoms with Crippen LogP contribution in [0.3, 0.4) is 0 Å². The van der Waals surface area contributed by atoms with Gasteiger partial charge in [0.15, 0.2) is 0 Å². The molecule has 1 fully saturated rings. The van der Waals surface area contributed by atoms with Gasteiger partial charge in [-0.1, -0.05) is 0 Å². The Kier molecular flexibility index (Phi) is 4.09. The van der Waals surface area contributed by atoms with Crippen LogP contribution in [0, 0.1) is 6.92 Å². The van der Waals surface area contributed by atoms with E-state index in [-0.39, 0.29) is 12.0 Å². The second-order valence-electron chi connectivity index (χ2n) is 4.23. The highest BCUT2D eigenvalue weighted by Gasteiger charge is 2.31. The summed E-state index contributed by atoms with van der Waals surface area (Å²) >= 11 is 0. The number of nitrogens with zero attached hydrogens (tertiary/aromatic N) is 3. The maximum atomic E-state index is 11.9. The lowest BCUT2D eigenvalue weighted by molar-refractivity contribution is -0.144. The average Bonchev–Trinajstić information content (AvgIpc) is 2.40. The lowest BCUT2D eigenvalue weighted by Crippen LogP contribution is -2.56. The van der Waals surface area contributed by atoms with Gasteiger partial charge < -0.3 is 15.0 Å². The summed E-state index contributed by atoms with van der Waals surface area (Å²) in [5, 5.41) is 3.19. The number of rotatable bonds is 3. The summed E-state index contributed by atoms with van der Waals surface area (Å²) in [6.45, 7) is 6.21.